The molecule has 6 nitrogen and oxygen atoms in total. The van der Waals surface area contributed by atoms with E-state index in [0.717, 1.165) is 48.4 Å². The van der Waals surface area contributed by atoms with E-state index in [1.165, 1.54) is 4.88 Å². The maximum absolute atomic E-state index is 5.55. The fourth-order valence-electron chi connectivity index (χ4n) is 1.93. The molecule has 2 aromatic rings. The maximum atomic E-state index is 5.55. The molecule has 0 radical (unpaired) electrons. The molecule has 0 unspecified atom stereocenters. The lowest BCUT2D eigenvalue weighted by Gasteiger charge is -2.08. The van der Waals surface area contributed by atoms with Crippen molar-refractivity contribution in [1.82, 2.24) is 9.97 Å². The highest BCUT2D eigenvalue weighted by Crippen LogP contribution is 2.30. The molecule has 0 spiro atoms. The molecule has 0 aromatic carbocycles. The van der Waals surface area contributed by atoms with Crippen molar-refractivity contribution in [3.05, 3.63) is 10.9 Å². The molecule has 7 heteroatoms. The Bertz CT molecular complexity index is 572. The van der Waals surface area contributed by atoms with Crippen LogP contribution in [0.5, 0.6) is 0 Å². The van der Waals surface area contributed by atoms with Gasteiger partial charge in [0.25, 0.3) is 0 Å². The highest BCUT2D eigenvalue weighted by Gasteiger charge is 2.10. The highest BCUT2D eigenvalue weighted by atomic mass is 32.1. The Balaban J connectivity index is 2.04. The van der Waals surface area contributed by atoms with E-state index in [0.29, 0.717) is 12.6 Å². The Morgan fingerprint density at radius 2 is 2.14 bits per heavy atom. The first-order valence-electron chi connectivity index (χ1n) is 7.37. The summed E-state index contributed by atoms with van der Waals surface area (Å²) >= 11 is 1.67. The van der Waals surface area contributed by atoms with Crippen molar-refractivity contribution >= 4 is 33.3 Å². The van der Waals surface area contributed by atoms with Gasteiger partial charge in [0.05, 0.1) is 12.0 Å². The van der Waals surface area contributed by atoms with Gasteiger partial charge in [-0.2, -0.15) is 4.98 Å². The van der Waals surface area contributed by atoms with Gasteiger partial charge in [-0.05, 0) is 18.9 Å². The molecule has 0 aliphatic rings. The van der Waals surface area contributed by atoms with Gasteiger partial charge in [-0.1, -0.05) is 20.3 Å². The van der Waals surface area contributed by atoms with Gasteiger partial charge in [0.15, 0.2) is 0 Å². The fraction of sp³-hybridized carbons (Fsp3) is 0.571. The number of hydrogen-bond donors (Lipinski definition) is 3. The first kappa shape index (κ1) is 15.9. The number of hydrogen-bond acceptors (Lipinski definition) is 7. The molecule has 2 aromatic heterocycles. The molecular formula is C14H23N5OS. The van der Waals surface area contributed by atoms with E-state index in [1.807, 2.05) is 0 Å². The number of ether oxygens (including phenoxy) is 1. The van der Waals surface area contributed by atoms with Crippen molar-refractivity contribution in [2.24, 2.45) is 5.84 Å². The summed E-state index contributed by atoms with van der Waals surface area (Å²) in [5, 5.41) is 4.36. The van der Waals surface area contributed by atoms with Crippen molar-refractivity contribution in [1.29, 1.82) is 0 Å². The van der Waals surface area contributed by atoms with E-state index in [4.69, 9.17) is 10.6 Å². The van der Waals surface area contributed by atoms with Gasteiger partial charge in [-0.3, -0.25) is 5.43 Å². The summed E-state index contributed by atoms with van der Waals surface area (Å²) in [5.41, 5.74) is 2.52. The Morgan fingerprint density at radius 3 is 2.86 bits per heavy atom. The zero-order chi connectivity index (χ0) is 15.1. The minimum absolute atomic E-state index is 0.432. The molecule has 0 saturated heterocycles. The molecule has 2 heterocycles. The molecule has 0 fully saturated rings. The molecule has 0 saturated carbocycles. The molecule has 0 bridgehead atoms. The normalized spacial score (nSPS) is 11.0. The van der Waals surface area contributed by atoms with Crippen LogP contribution in [-0.4, -0.2) is 29.7 Å². The number of unbranched alkanes of at least 4 members (excludes halogenated alkanes) is 1. The molecule has 21 heavy (non-hydrogen) atoms. The standard InChI is InChI=1S/C14H23N5OS/c1-3-5-7-20-8-6-16-12-11-9-10(4-2)21-13(11)18-14(17-12)19-15/h9H,3-8,15H2,1-2H3,(H2,16,17,18,19). The first-order chi connectivity index (χ1) is 10.3. The molecule has 0 atom stereocenters. The Labute approximate surface area is 129 Å². The minimum atomic E-state index is 0.432. The van der Waals surface area contributed by atoms with Gasteiger partial charge in [-0.15, -0.1) is 11.3 Å². The van der Waals surface area contributed by atoms with Crippen LogP contribution in [0.2, 0.25) is 0 Å². The maximum Gasteiger partial charge on any atom is 0.240 e. The summed E-state index contributed by atoms with van der Waals surface area (Å²) in [6.07, 6.45) is 3.25. The van der Waals surface area contributed by atoms with Gasteiger partial charge in [0.2, 0.25) is 5.95 Å². The number of nitrogens with zero attached hydrogens (tertiary/aromatic N) is 2. The van der Waals surface area contributed by atoms with E-state index >= 15 is 0 Å². The monoisotopic (exact) mass is 309 g/mol. The molecule has 0 aliphatic heterocycles. The molecule has 116 valence electrons. The lowest BCUT2D eigenvalue weighted by atomic mass is 10.3. The van der Waals surface area contributed by atoms with E-state index in [-0.39, 0.29) is 0 Å². The number of nitrogens with two attached hydrogens (primary N) is 1. The summed E-state index contributed by atoms with van der Waals surface area (Å²) in [6.45, 7) is 6.49. The fourth-order valence-corrected chi connectivity index (χ4v) is 2.90. The van der Waals surface area contributed by atoms with E-state index < -0.39 is 0 Å². The number of aromatic nitrogens is 2. The van der Waals surface area contributed by atoms with Crippen LogP contribution in [0.1, 0.15) is 31.6 Å². The summed E-state index contributed by atoms with van der Waals surface area (Å²) < 4.78 is 5.55. The lowest BCUT2D eigenvalue weighted by molar-refractivity contribution is 0.141. The second-order valence-corrected chi connectivity index (χ2v) is 5.83. The van der Waals surface area contributed by atoms with Crippen molar-refractivity contribution in [2.45, 2.75) is 33.1 Å². The predicted octanol–water partition coefficient (Wildman–Crippen LogP) is 2.77. The summed E-state index contributed by atoms with van der Waals surface area (Å²) in [5.74, 6) is 6.68. The Hall–Kier alpha value is -1.44. The number of rotatable bonds is 9. The quantitative estimate of drug-likeness (QED) is 0.375. The number of aryl methyl sites for hydroxylation is 1. The van der Waals surface area contributed by atoms with Crippen LogP contribution in [0.15, 0.2) is 6.07 Å². The van der Waals surface area contributed by atoms with Gasteiger partial charge in [0, 0.05) is 18.0 Å². The van der Waals surface area contributed by atoms with Crippen molar-refractivity contribution in [3.8, 4) is 0 Å². The third-order valence-electron chi connectivity index (χ3n) is 3.10. The Morgan fingerprint density at radius 1 is 1.29 bits per heavy atom. The number of nitrogen functional groups attached to an aromatic ring is 1. The second-order valence-electron chi connectivity index (χ2n) is 4.72. The van der Waals surface area contributed by atoms with Crippen LogP contribution in [0.25, 0.3) is 10.2 Å². The molecule has 4 N–H and O–H groups in total. The third kappa shape index (κ3) is 4.26. The van der Waals surface area contributed by atoms with Gasteiger partial charge in [-0.25, -0.2) is 10.8 Å². The van der Waals surface area contributed by atoms with Crippen LogP contribution in [0.3, 0.4) is 0 Å². The van der Waals surface area contributed by atoms with E-state index in [2.05, 4.69) is 40.6 Å². The van der Waals surface area contributed by atoms with Crippen molar-refractivity contribution < 1.29 is 4.74 Å². The molecule has 0 aliphatic carbocycles. The van der Waals surface area contributed by atoms with Gasteiger partial charge >= 0.3 is 0 Å². The summed E-state index contributed by atoms with van der Waals surface area (Å²) in [6, 6.07) is 2.14. The Kier molecular flexibility index (Phi) is 6.16. The zero-order valence-electron chi connectivity index (χ0n) is 12.6. The minimum Gasteiger partial charge on any atom is -0.380 e. The number of fused-ring (bicyclic) bond motifs is 1. The van der Waals surface area contributed by atoms with Crippen LogP contribution in [0, 0.1) is 0 Å². The number of thiophene rings is 1. The molecular weight excluding hydrogens is 286 g/mol. The smallest absolute Gasteiger partial charge is 0.240 e. The van der Waals surface area contributed by atoms with E-state index in [9.17, 15) is 0 Å². The van der Waals surface area contributed by atoms with Crippen molar-refractivity contribution in [2.75, 3.05) is 30.5 Å². The van der Waals surface area contributed by atoms with Crippen LogP contribution in [-0.2, 0) is 11.2 Å². The molecule has 2 rings (SSSR count). The lowest BCUT2D eigenvalue weighted by Crippen LogP contribution is -2.14. The predicted molar refractivity (Wildman–Crippen MR) is 88.8 cm³/mol. The highest BCUT2D eigenvalue weighted by molar-refractivity contribution is 7.18. The first-order valence-corrected chi connectivity index (χ1v) is 8.18. The number of hydrazine groups is 1. The topological polar surface area (TPSA) is 85.1 Å². The average Bonchev–Trinajstić information content (AvgIpc) is 2.93. The largest absolute Gasteiger partial charge is 0.380 e. The third-order valence-corrected chi connectivity index (χ3v) is 4.28. The number of nitrogens with one attached hydrogen (secondary N) is 2. The summed E-state index contributed by atoms with van der Waals surface area (Å²) in [4.78, 5) is 11.0. The van der Waals surface area contributed by atoms with Crippen molar-refractivity contribution in [3.63, 3.8) is 0 Å². The summed E-state index contributed by atoms with van der Waals surface area (Å²) in [7, 11) is 0. The van der Waals surface area contributed by atoms with E-state index in [1.54, 1.807) is 11.3 Å². The number of anilines is 2. The van der Waals surface area contributed by atoms with Crippen LogP contribution < -0.4 is 16.6 Å². The zero-order valence-corrected chi connectivity index (χ0v) is 13.4. The van der Waals surface area contributed by atoms with Crippen LogP contribution in [0.4, 0.5) is 11.8 Å². The van der Waals surface area contributed by atoms with Crippen LogP contribution >= 0.6 is 11.3 Å². The SMILES string of the molecule is CCCCOCCNc1nc(NN)nc2sc(CC)cc12. The van der Waals surface area contributed by atoms with Gasteiger partial charge in [0.1, 0.15) is 10.6 Å². The molecule has 0 amide bonds. The average molecular weight is 309 g/mol. The second kappa shape index (κ2) is 8.11. The van der Waals surface area contributed by atoms with Gasteiger partial charge < -0.3 is 10.1 Å².